The van der Waals surface area contributed by atoms with Crippen molar-refractivity contribution >= 4 is 18.0 Å². The number of methoxy groups -OCH3 is 2. The summed E-state index contributed by atoms with van der Waals surface area (Å²) in [5, 5.41) is 18.1. The minimum Gasteiger partial charge on any atom is -0.502 e. The number of primary amides is 1. The van der Waals surface area contributed by atoms with Crippen molar-refractivity contribution in [2.24, 2.45) is 5.73 Å². The van der Waals surface area contributed by atoms with Gasteiger partial charge in [0.15, 0.2) is 11.5 Å². The monoisotopic (exact) mass is 283 g/mol. The number of phenols is 1. The third-order valence-electron chi connectivity index (χ3n) is 1.92. The molecule has 7 nitrogen and oxygen atoms in total. The minimum atomic E-state index is -1.05. The van der Waals surface area contributed by atoms with E-state index in [0.29, 0.717) is 5.56 Å². The Labute approximate surface area is 116 Å². The highest BCUT2D eigenvalue weighted by Gasteiger charge is 2.09. The molecule has 1 rings (SSSR count). The van der Waals surface area contributed by atoms with Crippen molar-refractivity contribution in [3.8, 4) is 17.2 Å². The Morgan fingerprint density at radius 1 is 1.20 bits per heavy atom. The van der Waals surface area contributed by atoms with Crippen LogP contribution in [0.15, 0.2) is 18.2 Å². The van der Waals surface area contributed by atoms with E-state index < -0.39 is 5.97 Å². The van der Waals surface area contributed by atoms with E-state index in [1.54, 1.807) is 0 Å². The number of nitrogens with two attached hydrogens (primary N) is 1. The molecule has 7 heteroatoms. The van der Waals surface area contributed by atoms with Gasteiger partial charge in [0.25, 0.3) is 0 Å². The summed E-state index contributed by atoms with van der Waals surface area (Å²) in [5.41, 5.74) is 5.04. The zero-order chi connectivity index (χ0) is 15.7. The highest BCUT2D eigenvalue weighted by atomic mass is 16.5. The Morgan fingerprint density at radius 3 is 1.90 bits per heavy atom. The number of carboxylic acid groups (broad SMARTS) is 1. The van der Waals surface area contributed by atoms with E-state index in [4.69, 9.17) is 14.6 Å². The number of carboxylic acids is 1. The second-order valence-electron chi connectivity index (χ2n) is 3.56. The van der Waals surface area contributed by atoms with Gasteiger partial charge in [0, 0.05) is 13.0 Å². The van der Waals surface area contributed by atoms with Gasteiger partial charge >= 0.3 is 5.97 Å². The van der Waals surface area contributed by atoms with Gasteiger partial charge in [-0.2, -0.15) is 0 Å². The van der Waals surface area contributed by atoms with Crippen molar-refractivity contribution in [3.63, 3.8) is 0 Å². The number of carbonyl (C=O) groups excluding carboxylic acids is 1. The third kappa shape index (κ3) is 6.29. The molecule has 0 spiro atoms. The summed E-state index contributed by atoms with van der Waals surface area (Å²) in [7, 11) is 2.80. The number of benzene rings is 1. The molecule has 1 aromatic carbocycles. The lowest BCUT2D eigenvalue weighted by Gasteiger charge is -2.09. The Hall–Kier alpha value is -2.70. The fourth-order valence-corrected chi connectivity index (χ4v) is 1.18. The number of carbonyl (C=O) groups is 2. The highest BCUT2D eigenvalue weighted by molar-refractivity contribution is 5.85. The Balaban J connectivity index is 0.000000796. The molecule has 1 aromatic rings. The number of aliphatic carboxylic acids is 1. The van der Waals surface area contributed by atoms with Gasteiger partial charge in [-0.05, 0) is 23.8 Å². The molecule has 0 heterocycles. The van der Waals surface area contributed by atoms with Crippen LogP contribution < -0.4 is 15.2 Å². The van der Waals surface area contributed by atoms with Gasteiger partial charge in [-0.3, -0.25) is 4.79 Å². The number of ether oxygens (including phenoxy) is 2. The Bertz CT molecular complexity index is 481. The molecule has 20 heavy (non-hydrogen) atoms. The lowest BCUT2D eigenvalue weighted by molar-refractivity contribution is -0.131. The van der Waals surface area contributed by atoms with Gasteiger partial charge in [0.1, 0.15) is 0 Å². The zero-order valence-corrected chi connectivity index (χ0v) is 11.4. The first-order chi connectivity index (χ1) is 9.31. The maximum atomic E-state index is 10.3. The number of aromatic hydroxyl groups is 1. The first-order valence-corrected chi connectivity index (χ1v) is 5.43. The van der Waals surface area contributed by atoms with Gasteiger partial charge in [-0.1, -0.05) is 0 Å². The van der Waals surface area contributed by atoms with Crippen LogP contribution in [0, 0.1) is 0 Å². The molecule has 0 saturated carbocycles. The molecule has 0 bridgehead atoms. The molecule has 0 aliphatic carbocycles. The van der Waals surface area contributed by atoms with Gasteiger partial charge in [-0.15, -0.1) is 0 Å². The van der Waals surface area contributed by atoms with Crippen molar-refractivity contribution in [3.05, 3.63) is 23.8 Å². The van der Waals surface area contributed by atoms with E-state index in [2.05, 4.69) is 5.73 Å². The summed E-state index contributed by atoms with van der Waals surface area (Å²) < 4.78 is 9.85. The SMILES string of the molecule is CC(N)=O.COc1cc(C=CC(=O)O)cc(OC)c1O. The predicted molar refractivity (Wildman–Crippen MR) is 72.7 cm³/mol. The molecule has 0 unspecified atom stereocenters. The summed E-state index contributed by atoms with van der Waals surface area (Å²) in [4.78, 5) is 19.6. The van der Waals surface area contributed by atoms with E-state index in [-0.39, 0.29) is 23.2 Å². The largest absolute Gasteiger partial charge is 0.502 e. The van der Waals surface area contributed by atoms with E-state index in [0.717, 1.165) is 6.08 Å². The van der Waals surface area contributed by atoms with Crippen LogP contribution in [0.5, 0.6) is 17.2 Å². The molecule has 0 fully saturated rings. The van der Waals surface area contributed by atoms with Crippen LogP contribution in [0.4, 0.5) is 0 Å². The average molecular weight is 283 g/mol. The fourth-order valence-electron chi connectivity index (χ4n) is 1.18. The normalized spacial score (nSPS) is 9.55. The maximum Gasteiger partial charge on any atom is 0.328 e. The number of rotatable bonds is 4. The smallest absolute Gasteiger partial charge is 0.328 e. The molecule has 110 valence electrons. The zero-order valence-electron chi connectivity index (χ0n) is 11.4. The van der Waals surface area contributed by atoms with Crippen LogP contribution >= 0.6 is 0 Å². The lowest BCUT2D eigenvalue weighted by atomic mass is 10.1. The summed E-state index contributed by atoms with van der Waals surface area (Å²) in [6.45, 7) is 1.31. The molecule has 0 aliphatic rings. The molecular formula is C13H17NO6. The first-order valence-electron chi connectivity index (χ1n) is 5.43. The van der Waals surface area contributed by atoms with Crippen molar-refractivity contribution in [2.45, 2.75) is 6.92 Å². The highest BCUT2D eigenvalue weighted by Crippen LogP contribution is 2.37. The van der Waals surface area contributed by atoms with E-state index >= 15 is 0 Å². The summed E-state index contributed by atoms with van der Waals surface area (Å²) in [5.74, 6) is -1.04. The first kappa shape index (κ1) is 17.3. The van der Waals surface area contributed by atoms with Gasteiger partial charge < -0.3 is 25.4 Å². The molecule has 4 N–H and O–H groups in total. The molecule has 1 amide bonds. The van der Waals surface area contributed by atoms with Crippen molar-refractivity contribution < 1.29 is 29.3 Å². The maximum absolute atomic E-state index is 10.3. The van der Waals surface area contributed by atoms with Crippen LogP contribution in [0.3, 0.4) is 0 Å². The summed E-state index contributed by atoms with van der Waals surface area (Å²) in [6.07, 6.45) is 2.37. The number of amides is 1. The second kappa shape index (κ2) is 8.41. The van der Waals surface area contributed by atoms with Crippen molar-refractivity contribution in [1.82, 2.24) is 0 Å². The van der Waals surface area contributed by atoms with E-state index in [1.165, 1.54) is 39.4 Å². The predicted octanol–water partition coefficient (Wildman–Crippen LogP) is 0.999. The summed E-state index contributed by atoms with van der Waals surface area (Å²) >= 11 is 0. The van der Waals surface area contributed by atoms with Crippen LogP contribution in [0.2, 0.25) is 0 Å². The Kier molecular flexibility index (Phi) is 7.27. The van der Waals surface area contributed by atoms with E-state index in [9.17, 15) is 14.7 Å². The lowest BCUT2D eigenvalue weighted by Crippen LogP contribution is -2.01. The third-order valence-corrected chi connectivity index (χ3v) is 1.92. The van der Waals surface area contributed by atoms with Crippen LogP contribution in [-0.4, -0.2) is 36.3 Å². The molecule has 0 aromatic heterocycles. The topological polar surface area (TPSA) is 119 Å². The minimum absolute atomic E-state index is 0.113. The molecule has 0 saturated heterocycles. The summed E-state index contributed by atoms with van der Waals surface area (Å²) in [6, 6.07) is 3.02. The van der Waals surface area contributed by atoms with Crippen molar-refractivity contribution in [2.75, 3.05) is 14.2 Å². The van der Waals surface area contributed by atoms with Crippen molar-refractivity contribution in [1.29, 1.82) is 0 Å². The number of phenolic OH excluding ortho intramolecular Hbond substituents is 1. The molecule has 0 aliphatic heterocycles. The fraction of sp³-hybridized carbons (Fsp3) is 0.231. The van der Waals surface area contributed by atoms with Crippen LogP contribution in [0.1, 0.15) is 12.5 Å². The van der Waals surface area contributed by atoms with Gasteiger partial charge in [-0.25, -0.2) is 4.79 Å². The van der Waals surface area contributed by atoms with E-state index in [1.807, 2.05) is 0 Å². The Morgan fingerprint density at radius 2 is 1.60 bits per heavy atom. The average Bonchev–Trinajstić information content (AvgIpc) is 2.36. The van der Waals surface area contributed by atoms with Gasteiger partial charge in [0.2, 0.25) is 11.7 Å². The van der Waals surface area contributed by atoms with Crippen LogP contribution in [0.25, 0.3) is 6.08 Å². The van der Waals surface area contributed by atoms with Gasteiger partial charge in [0.05, 0.1) is 14.2 Å². The molecular weight excluding hydrogens is 266 g/mol. The number of hydrogen-bond acceptors (Lipinski definition) is 5. The molecule has 0 atom stereocenters. The quantitative estimate of drug-likeness (QED) is 0.709. The standard InChI is InChI=1S/C11H12O5.C2H5NO/c1-15-8-5-7(3-4-10(12)13)6-9(16-2)11(8)14;1-2(3)4/h3-6,14H,1-2H3,(H,12,13);1H3,(H2,3,4). The number of hydrogen-bond donors (Lipinski definition) is 3. The molecule has 0 radical (unpaired) electrons. The second-order valence-corrected chi connectivity index (χ2v) is 3.56. The van der Waals surface area contributed by atoms with Crippen LogP contribution in [-0.2, 0) is 9.59 Å².